The van der Waals surface area contributed by atoms with Crippen LogP contribution in [0.4, 0.5) is 0 Å². The van der Waals surface area contributed by atoms with Crippen LogP contribution in [0.25, 0.3) is 11.1 Å². The Labute approximate surface area is 202 Å². The van der Waals surface area contributed by atoms with E-state index < -0.39 is 0 Å². The molecule has 2 heterocycles. The van der Waals surface area contributed by atoms with Gasteiger partial charge in [0.15, 0.2) is 0 Å². The second-order valence-corrected chi connectivity index (χ2v) is 9.70. The summed E-state index contributed by atoms with van der Waals surface area (Å²) in [7, 11) is 0. The fraction of sp³-hybridized carbons (Fsp3) is 0.333. The van der Waals surface area contributed by atoms with E-state index in [1.165, 1.54) is 6.42 Å². The van der Waals surface area contributed by atoms with E-state index in [9.17, 15) is 5.11 Å². The number of hydrogen-bond donors (Lipinski definition) is 1. The zero-order valence-electron chi connectivity index (χ0n) is 20.2. The smallest absolute Gasteiger partial charge is 0.150 e. The Kier molecular flexibility index (Phi) is 6.34. The van der Waals surface area contributed by atoms with Gasteiger partial charge in [-0.25, -0.2) is 0 Å². The molecule has 34 heavy (non-hydrogen) atoms. The van der Waals surface area contributed by atoms with E-state index in [1.54, 1.807) is 12.1 Å². The number of para-hydroxylation sites is 1. The first-order chi connectivity index (χ1) is 16.5. The summed E-state index contributed by atoms with van der Waals surface area (Å²) < 4.78 is 12.7. The molecular weight excluding hydrogens is 422 g/mol. The average Bonchev–Trinajstić information content (AvgIpc) is 3.29. The minimum absolute atomic E-state index is 0.251. The number of nitrogens with zero attached hydrogens (tertiary/aromatic N) is 1. The first-order valence-corrected chi connectivity index (χ1v) is 12.2. The fourth-order valence-corrected chi connectivity index (χ4v) is 5.11. The minimum Gasteiger partial charge on any atom is -0.508 e. The summed E-state index contributed by atoms with van der Waals surface area (Å²) >= 11 is 0. The van der Waals surface area contributed by atoms with E-state index in [4.69, 9.17) is 9.47 Å². The number of likely N-dealkylation sites (tertiary alicyclic amines) is 1. The molecule has 5 rings (SSSR count). The lowest BCUT2D eigenvalue weighted by atomic mass is 9.86. The predicted molar refractivity (Wildman–Crippen MR) is 137 cm³/mol. The molecule has 2 aliphatic heterocycles. The second-order valence-electron chi connectivity index (χ2n) is 9.70. The number of phenols is 1. The lowest BCUT2D eigenvalue weighted by Crippen LogP contribution is -2.35. The molecule has 1 fully saturated rings. The van der Waals surface area contributed by atoms with Crippen LogP contribution in [0.1, 0.15) is 50.0 Å². The van der Waals surface area contributed by atoms with E-state index in [0.29, 0.717) is 12.6 Å². The van der Waals surface area contributed by atoms with Crippen LogP contribution < -0.4 is 9.47 Å². The summed E-state index contributed by atoms with van der Waals surface area (Å²) in [4.78, 5) is 2.52. The van der Waals surface area contributed by atoms with Gasteiger partial charge in [-0.15, -0.1) is 0 Å². The van der Waals surface area contributed by atoms with Crippen molar-refractivity contribution >= 4 is 11.1 Å². The zero-order valence-corrected chi connectivity index (χ0v) is 20.2. The molecule has 0 radical (unpaired) electrons. The van der Waals surface area contributed by atoms with Gasteiger partial charge >= 0.3 is 0 Å². The van der Waals surface area contributed by atoms with Crippen molar-refractivity contribution in [2.75, 3.05) is 19.7 Å². The van der Waals surface area contributed by atoms with Crippen molar-refractivity contribution in [3.8, 4) is 17.2 Å². The van der Waals surface area contributed by atoms with Crippen LogP contribution >= 0.6 is 0 Å². The molecule has 0 spiro atoms. The Morgan fingerprint density at radius 3 is 2.59 bits per heavy atom. The Morgan fingerprint density at radius 2 is 1.85 bits per heavy atom. The normalized spacial score (nSPS) is 21.1. The third-order valence-corrected chi connectivity index (χ3v) is 7.11. The van der Waals surface area contributed by atoms with Crippen LogP contribution in [0.5, 0.6) is 17.2 Å². The molecule has 3 atom stereocenters. The van der Waals surface area contributed by atoms with Gasteiger partial charge < -0.3 is 14.6 Å². The first-order valence-electron chi connectivity index (χ1n) is 12.2. The molecule has 4 nitrogen and oxygen atoms in total. The quantitative estimate of drug-likeness (QED) is 0.457. The van der Waals surface area contributed by atoms with Gasteiger partial charge in [0.1, 0.15) is 30.0 Å². The maximum Gasteiger partial charge on any atom is 0.150 e. The van der Waals surface area contributed by atoms with Gasteiger partial charge in [-0.3, -0.25) is 4.90 Å². The minimum atomic E-state index is -0.268. The van der Waals surface area contributed by atoms with E-state index in [2.05, 4.69) is 43.9 Å². The Balaban J connectivity index is 1.39. The predicted octanol–water partition coefficient (Wildman–Crippen LogP) is 6.57. The van der Waals surface area contributed by atoms with Gasteiger partial charge in [0.25, 0.3) is 0 Å². The van der Waals surface area contributed by atoms with Crippen LogP contribution in [-0.2, 0) is 0 Å². The van der Waals surface area contributed by atoms with Crippen molar-refractivity contribution in [2.24, 2.45) is 5.92 Å². The molecular formula is C30H33NO3. The number of rotatable bonds is 6. The van der Waals surface area contributed by atoms with Crippen molar-refractivity contribution < 1.29 is 14.6 Å². The molecule has 3 aromatic rings. The lowest BCUT2D eigenvalue weighted by molar-refractivity contribution is 0.169. The van der Waals surface area contributed by atoms with Gasteiger partial charge in [0.2, 0.25) is 0 Å². The summed E-state index contributed by atoms with van der Waals surface area (Å²) in [5, 5.41) is 10.1. The highest BCUT2D eigenvalue weighted by atomic mass is 16.5. The molecule has 0 aliphatic carbocycles. The third kappa shape index (κ3) is 4.55. The standard InChI is InChI=1S/C30H33NO3/c1-20-15-16-31(18-20)21(2)19-33-26-13-11-23(12-14-26)30-29(24-7-6-8-25(32)17-24)22(3)27-9-4-5-10-28(27)34-30/h4-14,17,20-21,30,32H,15-16,18-19H2,1-3H3. The first kappa shape index (κ1) is 22.5. The molecule has 0 aromatic heterocycles. The SMILES string of the molecule is CC1=C(c2cccc(O)c2)C(c2ccc(OCC(C)N3CCC(C)C3)cc2)Oc2ccccc21. The van der Waals surface area contributed by atoms with Gasteiger partial charge in [-0.2, -0.15) is 0 Å². The number of aromatic hydroxyl groups is 1. The monoisotopic (exact) mass is 455 g/mol. The van der Waals surface area contributed by atoms with Crippen molar-refractivity contribution in [3.05, 3.63) is 89.5 Å². The number of fused-ring (bicyclic) bond motifs is 1. The molecule has 3 aromatic carbocycles. The van der Waals surface area contributed by atoms with E-state index in [-0.39, 0.29) is 11.9 Å². The number of phenolic OH excluding ortho intramolecular Hbond substituents is 1. The van der Waals surface area contributed by atoms with Gasteiger partial charge in [0, 0.05) is 23.7 Å². The molecule has 1 N–H and O–H groups in total. The molecule has 0 saturated carbocycles. The lowest BCUT2D eigenvalue weighted by Gasteiger charge is -2.31. The number of ether oxygens (including phenoxy) is 2. The highest BCUT2D eigenvalue weighted by molar-refractivity contribution is 5.95. The molecule has 1 saturated heterocycles. The number of allylic oxidation sites excluding steroid dienone is 1. The zero-order chi connectivity index (χ0) is 23.7. The topological polar surface area (TPSA) is 41.9 Å². The highest BCUT2D eigenvalue weighted by Gasteiger charge is 2.29. The summed E-state index contributed by atoms with van der Waals surface area (Å²) in [5.74, 6) is 2.78. The van der Waals surface area contributed by atoms with E-state index in [1.807, 2.05) is 42.5 Å². The highest BCUT2D eigenvalue weighted by Crippen LogP contribution is 2.46. The molecule has 176 valence electrons. The van der Waals surface area contributed by atoms with Gasteiger partial charge in [-0.05, 0) is 79.8 Å². The van der Waals surface area contributed by atoms with Gasteiger partial charge in [0.05, 0.1) is 0 Å². The number of hydrogen-bond acceptors (Lipinski definition) is 4. The molecule has 0 amide bonds. The summed E-state index contributed by atoms with van der Waals surface area (Å²) in [6.45, 7) is 9.70. The van der Waals surface area contributed by atoms with Crippen LogP contribution in [-0.4, -0.2) is 35.7 Å². The Morgan fingerprint density at radius 1 is 1.06 bits per heavy atom. The molecule has 0 bridgehead atoms. The van der Waals surface area contributed by atoms with Crippen molar-refractivity contribution in [2.45, 2.75) is 39.3 Å². The van der Waals surface area contributed by atoms with Crippen LogP contribution in [0.2, 0.25) is 0 Å². The summed E-state index contributed by atoms with van der Waals surface area (Å²) in [5.41, 5.74) is 5.33. The largest absolute Gasteiger partial charge is 0.508 e. The Hall–Kier alpha value is -3.24. The fourth-order valence-electron chi connectivity index (χ4n) is 5.11. The van der Waals surface area contributed by atoms with Crippen molar-refractivity contribution in [1.82, 2.24) is 4.90 Å². The van der Waals surface area contributed by atoms with Crippen LogP contribution in [0, 0.1) is 5.92 Å². The van der Waals surface area contributed by atoms with Crippen LogP contribution in [0.3, 0.4) is 0 Å². The molecule has 4 heteroatoms. The maximum atomic E-state index is 10.1. The van der Waals surface area contributed by atoms with Crippen molar-refractivity contribution in [3.63, 3.8) is 0 Å². The third-order valence-electron chi connectivity index (χ3n) is 7.11. The molecule has 3 unspecified atom stereocenters. The summed E-state index contributed by atoms with van der Waals surface area (Å²) in [6, 6.07) is 24.2. The second kappa shape index (κ2) is 9.55. The van der Waals surface area contributed by atoms with Crippen LogP contribution in [0.15, 0.2) is 72.8 Å². The van der Waals surface area contributed by atoms with Gasteiger partial charge in [-0.1, -0.05) is 49.4 Å². The molecule has 2 aliphatic rings. The maximum absolute atomic E-state index is 10.1. The van der Waals surface area contributed by atoms with E-state index in [0.717, 1.165) is 58.3 Å². The average molecular weight is 456 g/mol. The van der Waals surface area contributed by atoms with Crippen molar-refractivity contribution in [1.29, 1.82) is 0 Å². The summed E-state index contributed by atoms with van der Waals surface area (Å²) in [6.07, 6.45) is 1.01. The Bertz CT molecular complexity index is 1180. The number of benzene rings is 3. The van der Waals surface area contributed by atoms with E-state index >= 15 is 0 Å².